The van der Waals surface area contributed by atoms with Crippen molar-refractivity contribution < 1.29 is 14.3 Å². The summed E-state index contributed by atoms with van der Waals surface area (Å²) >= 11 is 0. The van der Waals surface area contributed by atoms with Crippen LogP contribution in [0.4, 0.5) is 0 Å². The number of ether oxygens (including phenoxy) is 1. The lowest BCUT2D eigenvalue weighted by molar-refractivity contribution is -0.146. The zero-order valence-corrected chi connectivity index (χ0v) is 10.6. The van der Waals surface area contributed by atoms with E-state index in [-0.39, 0.29) is 24.1 Å². The van der Waals surface area contributed by atoms with Gasteiger partial charge in [0, 0.05) is 5.92 Å². The number of cyclic esters (lactones) is 1. The standard InChI is InChI=1S/C16H14O3/c1-10(17)16-14(9-15(18)19-16)13-7-6-11-4-2-3-5-12(11)8-13/h2-8,14,16H,9H2,1H3/t14-,16-/m1/s1. The second kappa shape index (κ2) is 4.50. The molecule has 0 saturated carbocycles. The van der Waals surface area contributed by atoms with Gasteiger partial charge in [0.15, 0.2) is 11.9 Å². The monoisotopic (exact) mass is 254 g/mol. The smallest absolute Gasteiger partial charge is 0.307 e. The van der Waals surface area contributed by atoms with Crippen LogP contribution in [0, 0.1) is 0 Å². The van der Waals surface area contributed by atoms with Gasteiger partial charge in [0.1, 0.15) is 0 Å². The first-order chi connectivity index (χ1) is 9.15. The quantitative estimate of drug-likeness (QED) is 0.774. The Balaban J connectivity index is 2.03. The average molecular weight is 254 g/mol. The maximum atomic E-state index is 11.6. The Bertz CT molecular complexity index is 660. The molecule has 1 fully saturated rings. The first kappa shape index (κ1) is 11.9. The third-order valence-electron chi connectivity index (χ3n) is 3.61. The van der Waals surface area contributed by atoms with E-state index < -0.39 is 6.10 Å². The Hall–Kier alpha value is -2.16. The summed E-state index contributed by atoms with van der Waals surface area (Å²) < 4.78 is 5.11. The highest BCUT2D eigenvalue weighted by molar-refractivity contribution is 5.89. The second-order valence-electron chi connectivity index (χ2n) is 4.94. The predicted octanol–water partition coefficient (Wildman–Crippen LogP) is 2.83. The Kier molecular flexibility index (Phi) is 2.82. The molecular formula is C16H14O3. The van der Waals surface area contributed by atoms with Gasteiger partial charge in [-0.1, -0.05) is 42.5 Å². The molecule has 2 aromatic rings. The van der Waals surface area contributed by atoms with E-state index in [0.29, 0.717) is 0 Å². The minimum atomic E-state index is -0.631. The molecule has 0 amide bonds. The number of carbonyl (C=O) groups excluding carboxylic acids is 2. The molecule has 1 saturated heterocycles. The minimum absolute atomic E-state index is 0.0935. The molecule has 0 radical (unpaired) electrons. The van der Waals surface area contributed by atoms with Crippen molar-refractivity contribution in [3.63, 3.8) is 0 Å². The molecule has 3 nitrogen and oxygen atoms in total. The highest BCUT2D eigenvalue weighted by atomic mass is 16.6. The lowest BCUT2D eigenvalue weighted by Crippen LogP contribution is -2.23. The van der Waals surface area contributed by atoms with Crippen molar-refractivity contribution in [3.8, 4) is 0 Å². The maximum absolute atomic E-state index is 11.6. The van der Waals surface area contributed by atoms with Crippen LogP contribution in [-0.2, 0) is 14.3 Å². The van der Waals surface area contributed by atoms with Gasteiger partial charge in [-0.15, -0.1) is 0 Å². The molecular weight excluding hydrogens is 240 g/mol. The van der Waals surface area contributed by atoms with Gasteiger partial charge in [-0.25, -0.2) is 0 Å². The molecule has 0 bridgehead atoms. The molecule has 0 aromatic heterocycles. The van der Waals surface area contributed by atoms with E-state index in [1.54, 1.807) is 0 Å². The van der Waals surface area contributed by atoms with Crippen molar-refractivity contribution >= 4 is 22.5 Å². The van der Waals surface area contributed by atoms with Crippen molar-refractivity contribution in [1.82, 2.24) is 0 Å². The zero-order chi connectivity index (χ0) is 13.4. The third kappa shape index (κ3) is 2.12. The number of carbonyl (C=O) groups is 2. The number of hydrogen-bond donors (Lipinski definition) is 0. The fourth-order valence-electron chi connectivity index (χ4n) is 2.66. The van der Waals surface area contributed by atoms with Gasteiger partial charge in [-0.05, 0) is 23.3 Å². The third-order valence-corrected chi connectivity index (χ3v) is 3.61. The van der Waals surface area contributed by atoms with Crippen LogP contribution in [0.25, 0.3) is 10.8 Å². The van der Waals surface area contributed by atoms with Crippen LogP contribution in [0.15, 0.2) is 42.5 Å². The topological polar surface area (TPSA) is 43.4 Å². The van der Waals surface area contributed by atoms with E-state index in [2.05, 4.69) is 0 Å². The van der Waals surface area contributed by atoms with Crippen LogP contribution in [-0.4, -0.2) is 17.9 Å². The van der Waals surface area contributed by atoms with Gasteiger partial charge in [0.2, 0.25) is 0 Å². The molecule has 1 aliphatic rings. The number of rotatable bonds is 2. The summed E-state index contributed by atoms with van der Waals surface area (Å²) in [6, 6.07) is 14.1. The molecule has 1 heterocycles. The van der Waals surface area contributed by atoms with Crippen LogP contribution in [0.3, 0.4) is 0 Å². The van der Waals surface area contributed by atoms with E-state index in [1.807, 2.05) is 42.5 Å². The van der Waals surface area contributed by atoms with Gasteiger partial charge < -0.3 is 4.74 Å². The second-order valence-corrected chi connectivity index (χ2v) is 4.94. The Morgan fingerprint density at radius 2 is 1.89 bits per heavy atom. The number of esters is 1. The minimum Gasteiger partial charge on any atom is -0.454 e. The van der Waals surface area contributed by atoms with Crippen LogP contribution >= 0.6 is 0 Å². The van der Waals surface area contributed by atoms with Gasteiger partial charge in [0.05, 0.1) is 6.42 Å². The zero-order valence-electron chi connectivity index (χ0n) is 10.6. The number of benzene rings is 2. The summed E-state index contributed by atoms with van der Waals surface area (Å²) in [5.41, 5.74) is 0.991. The SMILES string of the molecule is CC(=O)[C@H]1OC(=O)C[C@@H]1c1ccc2ccccc2c1. The van der Waals surface area contributed by atoms with Crippen LogP contribution in [0.5, 0.6) is 0 Å². The molecule has 3 heteroatoms. The lowest BCUT2D eigenvalue weighted by atomic mass is 9.89. The number of Topliss-reactive ketones (excluding diaryl/α,β-unsaturated/α-hetero) is 1. The first-order valence-corrected chi connectivity index (χ1v) is 6.34. The Morgan fingerprint density at radius 1 is 1.16 bits per heavy atom. The lowest BCUT2D eigenvalue weighted by Gasteiger charge is -2.15. The van der Waals surface area contributed by atoms with Gasteiger partial charge in [0.25, 0.3) is 0 Å². The average Bonchev–Trinajstić information content (AvgIpc) is 2.80. The van der Waals surface area contributed by atoms with E-state index in [0.717, 1.165) is 16.3 Å². The van der Waals surface area contributed by atoms with Crippen molar-refractivity contribution in [2.45, 2.75) is 25.4 Å². The summed E-state index contributed by atoms with van der Waals surface area (Å²) in [7, 11) is 0. The van der Waals surface area contributed by atoms with Gasteiger partial charge in [-0.3, -0.25) is 9.59 Å². The summed E-state index contributed by atoms with van der Waals surface area (Å²) in [5.74, 6) is -0.544. The van der Waals surface area contributed by atoms with Crippen LogP contribution < -0.4 is 0 Å². The molecule has 2 aromatic carbocycles. The van der Waals surface area contributed by atoms with Crippen molar-refractivity contribution in [1.29, 1.82) is 0 Å². The number of ketones is 1. The summed E-state index contributed by atoms with van der Waals surface area (Å²) in [4.78, 5) is 23.0. The van der Waals surface area contributed by atoms with Crippen LogP contribution in [0.1, 0.15) is 24.8 Å². The fourth-order valence-corrected chi connectivity index (χ4v) is 2.66. The van der Waals surface area contributed by atoms with E-state index in [4.69, 9.17) is 4.74 Å². The maximum Gasteiger partial charge on any atom is 0.307 e. The van der Waals surface area contributed by atoms with Crippen LogP contribution in [0.2, 0.25) is 0 Å². The summed E-state index contributed by atoms with van der Waals surface area (Å²) in [5, 5.41) is 2.26. The Labute approximate surface area is 111 Å². The summed E-state index contributed by atoms with van der Waals surface area (Å²) in [6.45, 7) is 1.47. The molecule has 3 rings (SSSR count). The van der Waals surface area contributed by atoms with Gasteiger partial charge in [-0.2, -0.15) is 0 Å². The highest BCUT2D eigenvalue weighted by Gasteiger charge is 2.38. The molecule has 19 heavy (non-hydrogen) atoms. The fraction of sp³-hybridized carbons (Fsp3) is 0.250. The summed E-state index contributed by atoms with van der Waals surface area (Å²) in [6.07, 6.45) is -0.351. The van der Waals surface area contributed by atoms with Crippen molar-refractivity contribution in [3.05, 3.63) is 48.0 Å². The highest BCUT2D eigenvalue weighted by Crippen LogP contribution is 2.34. The normalized spacial score (nSPS) is 22.5. The molecule has 0 N–H and O–H groups in total. The largest absolute Gasteiger partial charge is 0.454 e. The predicted molar refractivity (Wildman–Crippen MR) is 71.9 cm³/mol. The van der Waals surface area contributed by atoms with Gasteiger partial charge >= 0.3 is 5.97 Å². The molecule has 0 spiro atoms. The van der Waals surface area contributed by atoms with E-state index in [9.17, 15) is 9.59 Å². The van der Waals surface area contributed by atoms with E-state index >= 15 is 0 Å². The molecule has 1 aliphatic heterocycles. The number of hydrogen-bond acceptors (Lipinski definition) is 3. The van der Waals surface area contributed by atoms with Crippen molar-refractivity contribution in [2.24, 2.45) is 0 Å². The molecule has 0 aliphatic carbocycles. The molecule has 2 atom stereocenters. The Morgan fingerprint density at radius 3 is 2.63 bits per heavy atom. The van der Waals surface area contributed by atoms with E-state index in [1.165, 1.54) is 6.92 Å². The first-order valence-electron chi connectivity index (χ1n) is 6.34. The van der Waals surface area contributed by atoms with Crippen molar-refractivity contribution in [2.75, 3.05) is 0 Å². The number of fused-ring (bicyclic) bond motifs is 1. The molecule has 0 unspecified atom stereocenters. The molecule has 96 valence electrons.